The SMILES string of the molecule is CC(C)(C)c1ccc(N(B2[B]N(c3ccccc3)[C](=[Pt])N2c2ccccc2)c2ccc(C(C)(C)C)cc2)cc1. The van der Waals surface area contributed by atoms with Gasteiger partial charge in [-0.05, 0) is 0 Å². The summed E-state index contributed by atoms with van der Waals surface area (Å²) in [6, 6.07) is 39.5. The predicted molar refractivity (Wildman–Crippen MR) is 167 cm³/mol. The number of hydrogen-bond acceptors (Lipinski definition) is 3. The van der Waals surface area contributed by atoms with Gasteiger partial charge in [-0.1, -0.05) is 0 Å². The number of hydrogen-bond donors (Lipinski definition) is 0. The van der Waals surface area contributed by atoms with Crippen molar-refractivity contribution in [2.45, 2.75) is 52.4 Å². The van der Waals surface area contributed by atoms with Crippen LogP contribution in [0.5, 0.6) is 0 Å². The average Bonchev–Trinajstić information content (AvgIpc) is 3.26. The summed E-state index contributed by atoms with van der Waals surface area (Å²) in [5.74, 6) is 0. The molecule has 1 fully saturated rings. The fourth-order valence-corrected chi connectivity index (χ4v) is 6.02. The molecule has 5 rings (SSSR count). The van der Waals surface area contributed by atoms with E-state index in [2.05, 4.69) is 192 Å². The van der Waals surface area contributed by atoms with Gasteiger partial charge in [-0.3, -0.25) is 0 Å². The number of anilines is 4. The Kier molecular flexibility index (Phi) is 7.66. The summed E-state index contributed by atoms with van der Waals surface area (Å²) in [5.41, 5.74) is 7.48. The Hall–Kier alpha value is -3.03. The van der Waals surface area contributed by atoms with Crippen molar-refractivity contribution in [2.24, 2.45) is 0 Å². The molecular formula is C33H36B2N3Pt. The Balaban J connectivity index is 1.65. The van der Waals surface area contributed by atoms with Crippen LogP contribution in [0.25, 0.3) is 0 Å². The second-order valence-corrected chi connectivity index (χ2v) is 13.2. The molecule has 1 saturated heterocycles. The molecule has 0 aliphatic carbocycles. The zero-order valence-corrected chi connectivity index (χ0v) is 26.0. The van der Waals surface area contributed by atoms with Gasteiger partial charge in [0.1, 0.15) is 0 Å². The quantitative estimate of drug-likeness (QED) is 0.199. The molecule has 39 heavy (non-hydrogen) atoms. The summed E-state index contributed by atoms with van der Waals surface area (Å²) in [5, 5.41) is 0. The third-order valence-electron chi connectivity index (χ3n) is 7.27. The maximum absolute atomic E-state index is 2.47. The van der Waals surface area contributed by atoms with E-state index in [0.717, 1.165) is 26.9 Å². The first-order valence-corrected chi connectivity index (χ1v) is 14.7. The van der Waals surface area contributed by atoms with Gasteiger partial charge in [0.05, 0.1) is 0 Å². The van der Waals surface area contributed by atoms with E-state index in [4.69, 9.17) is 0 Å². The molecule has 4 aromatic carbocycles. The van der Waals surface area contributed by atoms with E-state index < -0.39 is 0 Å². The van der Waals surface area contributed by atoms with Gasteiger partial charge in [-0.25, -0.2) is 0 Å². The zero-order chi connectivity index (χ0) is 27.8. The molecule has 1 aliphatic rings. The maximum atomic E-state index is 2.47. The second kappa shape index (κ2) is 10.9. The number of benzene rings is 4. The minimum atomic E-state index is -0.0684. The molecule has 0 unspecified atom stereocenters. The van der Waals surface area contributed by atoms with Crippen molar-refractivity contribution in [3.8, 4) is 0 Å². The van der Waals surface area contributed by atoms with Gasteiger partial charge >= 0.3 is 248 Å². The van der Waals surface area contributed by atoms with Crippen LogP contribution in [0.1, 0.15) is 52.7 Å². The van der Waals surface area contributed by atoms with Crippen molar-refractivity contribution in [1.29, 1.82) is 0 Å². The fraction of sp³-hybridized carbons (Fsp3) is 0.242. The third-order valence-corrected chi connectivity index (χ3v) is 8.37. The van der Waals surface area contributed by atoms with Gasteiger partial charge in [0.25, 0.3) is 0 Å². The fourth-order valence-electron chi connectivity index (χ4n) is 4.97. The van der Waals surface area contributed by atoms with Crippen LogP contribution in [0.2, 0.25) is 0 Å². The summed E-state index contributed by atoms with van der Waals surface area (Å²) in [6.45, 7) is 13.5. The second-order valence-electron chi connectivity index (χ2n) is 12.2. The Bertz CT molecular complexity index is 1350. The summed E-state index contributed by atoms with van der Waals surface area (Å²) in [6.07, 6.45) is 0. The van der Waals surface area contributed by atoms with Crippen LogP contribution in [0.3, 0.4) is 0 Å². The summed E-state index contributed by atoms with van der Waals surface area (Å²) in [7, 11) is 2.33. The molecule has 0 bridgehead atoms. The van der Waals surface area contributed by atoms with Crippen molar-refractivity contribution < 1.29 is 19.4 Å². The first-order chi connectivity index (χ1) is 18.5. The van der Waals surface area contributed by atoms with Crippen LogP contribution < -0.4 is 14.4 Å². The number of para-hydroxylation sites is 2. The van der Waals surface area contributed by atoms with E-state index in [1.807, 2.05) is 0 Å². The molecule has 1 radical (unpaired) electrons. The standard InChI is InChI=1S/C33H36B2N3.Pt/c1-32(2,3)26-17-21-30(22-18-26)38(31-23-19-27(20-24-31)33(4,5)6)35-34-36(28-13-9-7-10-14-28)25-37(35)29-15-11-8-12-16-29;/h7-24H,1-6H3;. The van der Waals surface area contributed by atoms with Gasteiger partial charge in [0.2, 0.25) is 0 Å². The van der Waals surface area contributed by atoms with Crippen molar-refractivity contribution in [2.75, 3.05) is 14.4 Å². The van der Waals surface area contributed by atoms with E-state index in [0.29, 0.717) is 0 Å². The van der Waals surface area contributed by atoms with E-state index in [1.54, 1.807) is 0 Å². The van der Waals surface area contributed by atoms with Crippen LogP contribution in [0.15, 0.2) is 109 Å². The summed E-state index contributed by atoms with van der Waals surface area (Å²) < 4.78 is 1.14. The molecule has 0 spiro atoms. The molecule has 0 aromatic heterocycles. The predicted octanol–water partition coefficient (Wildman–Crippen LogP) is 7.68. The Morgan fingerprint density at radius 3 is 1.41 bits per heavy atom. The molecule has 0 saturated carbocycles. The van der Waals surface area contributed by atoms with E-state index in [9.17, 15) is 0 Å². The van der Waals surface area contributed by atoms with Crippen molar-refractivity contribution in [1.82, 2.24) is 0 Å². The van der Waals surface area contributed by atoms with Gasteiger partial charge in [0.15, 0.2) is 0 Å². The minimum absolute atomic E-state index is 0.0684. The molecule has 1 heterocycles. The van der Waals surface area contributed by atoms with Crippen molar-refractivity contribution in [3.63, 3.8) is 0 Å². The Morgan fingerprint density at radius 2 is 1.00 bits per heavy atom. The molecule has 0 atom stereocenters. The molecule has 0 amide bonds. The van der Waals surface area contributed by atoms with Crippen LogP contribution in [-0.2, 0) is 30.2 Å². The summed E-state index contributed by atoms with van der Waals surface area (Å²) >= 11 is 2.47. The van der Waals surface area contributed by atoms with E-state index >= 15 is 0 Å². The topological polar surface area (TPSA) is 9.72 Å². The van der Waals surface area contributed by atoms with Crippen LogP contribution in [0, 0.1) is 0 Å². The summed E-state index contributed by atoms with van der Waals surface area (Å²) in [4.78, 5) is 7.18. The van der Waals surface area contributed by atoms with Crippen molar-refractivity contribution >= 4 is 41.1 Å². The van der Waals surface area contributed by atoms with Crippen LogP contribution in [0.4, 0.5) is 22.7 Å². The van der Waals surface area contributed by atoms with Crippen LogP contribution >= 0.6 is 0 Å². The van der Waals surface area contributed by atoms with Crippen molar-refractivity contribution in [3.05, 3.63) is 120 Å². The molecule has 1 aliphatic heterocycles. The van der Waals surface area contributed by atoms with Gasteiger partial charge in [-0.2, -0.15) is 0 Å². The molecule has 6 heteroatoms. The first-order valence-electron chi connectivity index (χ1n) is 13.6. The van der Waals surface area contributed by atoms with Gasteiger partial charge in [-0.15, -0.1) is 0 Å². The van der Waals surface area contributed by atoms with Gasteiger partial charge in [0, 0.05) is 0 Å². The number of nitrogens with zero attached hydrogens (tertiary/aromatic N) is 3. The molecular weight excluding hydrogens is 655 g/mol. The third kappa shape index (κ3) is 5.80. The molecule has 4 aromatic rings. The monoisotopic (exact) mass is 691 g/mol. The Labute approximate surface area is 246 Å². The average molecular weight is 691 g/mol. The zero-order valence-electron chi connectivity index (χ0n) is 23.7. The molecule has 0 N–H and O–H groups in total. The van der Waals surface area contributed by atoms with Crippen LogP contribution in [-0.4, -0.2) is 18.3 Å². The van der Waals surface area contributed by atoms with E-state index in [-0.39, 0.29) is 17.7 Å². The Morgan fingerprint density at radius 1 is 0.590 bits per heavy atom. The van der Waals surface area contributed by atoms with E-state index in [1.165, 1.54) is 11.1 Å². The number of rotatable bonds is 5. The normalized spacial score (nSPS) is 14.1. The molecule has 199 valence electrons. The first kappa shape index (κ1) is 27.5. The van der Waals surface area contributed by atoms with Gasteiger partial charge < -0.3 is 0 Å². The molecule has 3 nitrogen and oxygen atoms in total.